The topological polar surface area (TPSA) is 44.8 Å². The number of carbonyl (C=O) groups excluding carboxylic acids is 1. The number of nitrogens with zero attached hydrogens (tertiary/aromatic N) is 2. The Bertz CT molecular complexity index is 336. The van der Waals surface area contributed by atoms with E-state index in [1.807, 2.05) is 14.0 Å². The molecule has 0 amide bonds. The number of nitrogens with one attached hydrogen (secondary N) is 1. The molecule has 5 nitrogen and oxygen atoms in total. The van der Waals surface area contributed by atoms with Crippen LogP contribution >= 0.6 is 0 Å². The minimum atomic E-state index is -0.572. The van der Waals surface area contributed by atoms with Crippen molar-refractivity contribution in [1.29, 1.82) is 0 Å². The van der Waals surface area contributed by atoms with E-state index in [4.69, 9.17) is 4.74 Å². The second-order valence-electron chi connectivity index (χ2n) is 6.64. The predicted octanol–water partition coefficient (Wildman–Crippen LogP) is 1.09. The fraction of sp³-hybridized carbons (Fsp3) is 0.938. The summed E-state index contributed by atoms with van der Waals surface area (Å²) < 4.78 is 4.90. The molecule has 2 fully saturated rings. The molecule has 5 heteroatoms. The summed E-state index contributed by atoms with van der Waals surface area (Å²) in [5.41, 5.74) is -0.572. The average molecular weight is 297 g/mol. The molecule has 0 aromatic heterocycles. The van der Waals surface area contributed by atoms with Crippen LogP contribution in [0.1, 0.15) is 39.0 Å². The summed E-state index contributed by atoms with van der Waals surface area (Å²) in [4.78, 5) is 17.0. The highest BCUT2D eigenvalue weighted by atomic mass is 16.5. The molecule has 122 valence electrons. The first kappa shape index (κ1) is 16.7. The van der Waals surface area contributed by atoms with Crippen molar-refractivity contribution in [3.8, 4) is 0 Å². The standard InChI is InChI=1S/C16H31N3O2/c1-16(17-2,15(20)21-3)8-9-18-10-12-19(13-11-18)14-6-4-5-7-14/h14,17H,4-13H2,1-3H3. The summed E-state index contributed by atoms with van der Waals surface area (Å²) in [6.07, 6.45) is 6.38. The summed E-state index contributed by atoms with van der Waals surface area (Å²) in [5, 5.41) is 3.11. The van der Waals surface area contributed by atoms with E-state index >= 15 is 0 Å². The molecule has 1 unspecified atom stereocenters. The summed E-state index contributed by atoms with van der Waals surface area (Å²) in [6.45, 7) is 7.48. The Labute approximate surface area is 129 Å². The fourth-order valence-electron chi connectivity index (χ4n) is 3.56. The molecule has 1 aliphatic carbocycles. The van der Waals surface area contributed by atoms with E-state index in [0.29, 0.717) is 0 Å². The molecule has 0 aromatic rings. The van der Waals surface area contributed by atoms with Gasteiger partial charge in [-0.2, -0.15) is 0 Å². The van der Waals surface area contributed by atoms with E-state index in [-0.39, 0.29) is 5.97 Å². The van der Waals surface area contributed by atoms with Gasteiger partial charge in [0.2, 0.25) is 0 Å². The number of carbonyl (C=O) groups is 1. The zero-order valence-electron chi connectivity index (χ0n) is 13.9. The largest absolute Gasteiger partial charge is 0.468 e. The van der Waals surface area contributed by atoms with Crippen LogP contribution in [0.5, 0.6) is 0 Å². The number of rotatable bonds is 6. The Kier molecular flexibility index (Phi) is 6.02. The second kappa shape index (κ2) is 7.56. The van der Waals surface area contributed by atoms with Crippen LogP contribution in [-0.2, 0) is 9.53 Å². The minimum Gasteiger partial charge on any atom is -0.468 e. The number of ether oxygens (including phenoxy) is 1. The molecule has 0 aromatic carbocycles. The van der Waals surface area contributed by atoms with Gasteiger partial charge in [0.25, 0.3) is 0 Å². The van der Waals surface area contributed by atoms with Crippen molar-refractivity contribution < 1.29 is 9.53 Å². The van der Waals surface area contributed by atoms with Crippen molar-refractivity contribution in [1.82, 2.24) is 15.1 Å². The van der Waals surface area contributed by atoms with Crippen LogP contribution < -0.4 is 5.32 Å². The molecular formula is C16H31N3O2. The number of hydrogen-bond acceptors (Lipinski definition) is 5. The molecule has 0 radical (unpaired) electrons. The summed E-state index contributed by atoms with van der Waals surface area (Å²) in [5.74, 6) is -0.172. The molecule has 1 N–H and O–H groups in total. The second-order valence-corrected chi connectivity index (χ2v) is 6.64. The number of methoxy groups -OCH3 is 1. The van der Waals surface area contributed by atoms with Crippen LogP contribution in [0.15, 0.2) is 0 Å². The van der Waals surface area contributed by atoms with Gasteiger partial charge in [-0.3, -0.25) is 9.69 Å². The van der Waals surface area contributed by atoms with Gasteiger partial charge in [0.05, 0.1) is 7.11 Å². The van der Waals surface area contributed by atoms with Crippen LogP contribution in [0.25, 0.3) is 0 Å². The summed E-state index contributed by atoms with van der Waals surface area (Å²) in [7, 11) is 3.28. The molecule has 1 heterocycles. The van der Waals surface area contributed by atoms with Gasteiger partial charge in [0.1, 0.15) is 5.54 Å². The third-order valence-electron chi connectivity index (χ3n) is 5.36. The summed E-state index contributed by atoms with van der Waals surface area (Å²) >= 11 is 0. The van der Waals surface area contributed by atoms with Gasteiger partial charge < -0.3 is 15.0 Å². The highest BCUT2D eigenvalue weighted by molar-refractivity contribution is 5.80. The Morgan fingerprint density at radius 3 is 2.38 bits per heavy atom. The lowest BCUT2D eigenvalue weighted by molar-refractivity contribution is -0.148. The lowest BCUT2D eigenvalue weighted by Crippen LogP contribution is -2.53. The lowest BCUT2D eigenvalue weighted by Gasteiger charge is -2.39. The normalized spacial score (nSPS) is 24.9. The summed E-state index contributed by atoms with van der Waals surface area (Å²) in [6, 6.07) is 0.838. The van der Waals surface area contributed by atoms with E-state index in [2.05, 4.69) is 15.1 Å². The van der Waals surface area contributed by atoms with Crippen LogP contribution in [0.3, 0.4) is 0 Å². The smallest absolute Gasteiger partial charge is 0.325 e. The predicted molar refractivity (Wildman–Crippen MR) is 84.4 cm³/mol. The fourth-order valence-corrected chi connectivity index (χ4v) is 3.56. The first-order valence-corrected chi connectivity index (χ1v) is 8.33. The molecule has 21 heavy (non-hydrogen) atoms. The number of esters is 1. The molecule has 0 bridgehead atoms. The van der Waals surface area contributed by atoms with Gasteiger partial charge in [-0.15, -0.1) is 0 Å². The molecule has 1 aliphatic heterocycles. The van der Waals surface area contributed by atoms with Crippen molar-refractivity contribution in [3.63, 3.8) is 0 Å². The van der Waals surface area contributed by atoms with Gasteiger partial charge in [-0.05, 0) is 33.2 Å². The maximum atomic E-state index is 11.9. The van der Waals surface area contributed by atoms with Crippen LogP contribution in [0, 0.1) is 0 Å². The maximum absolute atomic E-state index is 11.9. The van der Waals surface area contributed by atoms with Crippen molar-refractivity contribution in [3.05, 3.63) is 0 Å². The Hall–Kier alpha value is -0.650. The molecule has 1 atom stereocenters. The lowest BCUT2D eigenvalue weighted by atomic mass is 9.97. The van der Waals surface area contributed by atoms with Crippen LogP contribution in [0.2, 0.25) is 0 Å². The monoisotopic (exact) mass is 297 g/mol. The van der Waals surface area contributed by atoms with Gasteiger partial charge in [-0.25, -0.2) is 0 Å². The van der Waals surface area contributed by atoms with Crippen LogP contribution in [0.4, 0.5) is 0 Å². The van der Waals surface area contributed by atoms with Gasteiger partial charge in [-0.1, -0.05) is 12.8 Å². The van der Waals surface area contributed by atoms with E-state index in [9.17, 15) is 4.79 Å². The zero-order valence-corrected chi connectivity index (χ0v) is 13.9. The Morgan fingerprint density at radius 2 is 1.86 bits per heavy atom. The number of hydrogen-bond donors (Lipinski definition) is 1. The van der Waals surface area contributed by atoms with Gasteiger partial charge >= 0.3 is 5.97 Å². The molecular weight excluding hydrogens is 266 g/mol. The quantitative estimate of drug-likeness (QED) is 0.744. The Morgan fingerprint density at radius 1 is 1.24 bits per heavy atom. The highest BCUT2D eigenvalue weighted by Gasteiger charge is 2.33. The molecule has 2 rings (SSSR count). The zero-order chi connectivity index (χ0) is 15.3. The molecule has 1 saturated heterocycles. The molecule has 2 aliphatic rings. The van der Waals surface area contributed by atoms with E-state index in [1.54, 1.807) is 0 Å². The van der Waals surface area contributed by atoms with Crippen molar-refractivity contribution in [2.45, 2.75) is 50.6 Å². The first-order valence-electron chi connectivity index (χ1n) is 8.33. The third kappa shape index (κ3) is 4.18. The first-order chi connectivity index (χ1) is 10.1. The van der Waals surface area contributed by atoms with E-state index in [1.165, 1.54) is 45.9 Å². The Balaban J connectivity index is 1.74. The SMILES string of the molecule is CNC(C)(CCN1CCN(C2CCCC2)CC1)C(=O)OC. The average Bonchev–Trinajstić information content (AvgIpc) is 3.06. The number of piperazine rings is 1. The van der Waals surface area contributed by atoms with E-state index in [0.717, 1.165) is 32.1 Å². The van der Waals surface area contributed by atoms with Crippen molar-refractivity contribution >= 4 is 5.97 Å². The van der Waals surface area contributed by atoms with Gasteiger partial charge in [0, 0.05) is 38.8 Å². The molecule has 0 spiro atoms. The van der Waals surface area contributed by atoms with E-state index < -0.39 is 5.54 Å². The minimum absolute atomic E-state index is 0.172. The molecule has 1 saturated carbocycles. The highest BCUT2D eigenvalue weighted by Crippen LogP contribution is 2.24. The maximum Gasteiger partial charge on any atom is 0.325 e. The van der Waals surface area contributed by atoms with Crippen LogP contribution in [-0.4, -0.2) is 74.2 Å². The van der Waals surface area contributed by atoms with Crippen molar-refractivity contribution in [2.75, 3.05) is 46.9 Å². The van der Waals surface area contributed by atoms with Gasteiger partial charge in [0.15, 0.2) is 0 Å². The number of likely N-dealkylation sites (N-methyl/N-ethyl adjacent to an activating group) is 1. The van der Waals surface area contributed by atoms with Crippen molar-refractivity contribution in [2.24, 2.45) is 0 Å². The third-order valence-corrected chi connectivity index (χ3v) is 5.36.